The van der Waals surface area contributed by atoms with Gasteiger partial charge in [-0.25, -0.2) is 9.18 Å². The van der Waals surface area contributed by atoms with Gasteiger partial charge in [-0.2, -0.15) is 0 Å². The number of hydrogen-bond donors (Lipinski definition) is 2. The molecule has 0 saturated heterocycles. The lowest BCUT2D eigenvalue weighted by atomic mass is 10.0. The van der Waals surface area contributed by atoms with Gasteiger partial charge in [0.15, 0.2) is 0 Å². The van der Waals surface area contributed by atoms with Crippen molar-refractivity contribution in [2.24, 2.45) is 5.92 Å². The van der Waals surface area contributed by atoms with Crippen LogP contribution in [0.5, 0.6) is 0 Å². The number of carbonyl (C=O) groups excluding carboxylic acids is 1. The van der Waals surface area contributed by atoms with Crippen molar-refractivity contribution < 1.29 is 19.1 Å². The third kappa shape index (κ3) is 4.16. The Morgan fingerprint density at radius 2 is 1.83 bits per heavy atom. The lowest BCUT2D eigenvalue weighted by Gasteiger charge is -2.16. The summed E-state index contributed by atoms with van der Waals surface area (Å²) < 4.78 is 12.7. The van der Waals surface area contributed by atoms with Crippen LogP contribution in [0.25, 0.3) is 0 Å². The van der Waals surface area contributed by atoms with E-state index in [9.17, 15) is 14.0 Å². The second-order valence-corrected chi connectivity index (χ2v) is 4.50. The average molecular weight is 253 g/mol. The van der Waals surface area contributed by atoms with E-state index in [1.165, 1.54) is 12.1 Å². The van der Waals surface area contributed by atoms with E-state index in [0.717, 1.165) is 12.1 Å². The molecule has 18 heavy (non-hydrogen) atoms. The topological polar surface area (TPSA) is 66.4 Å². The van der Waals surface area contributed by atoms with Crippen molar-refractivity contribution in [3.8, 4) is 0 Å². The Balaban J connectivity index is 2.72. The molecule has 0 spiro atoms. The molecule has 1 unspecified atom stereocenters. The number of carboxylic acids is 1. The summed E-state index contributed by atoms with van der Waals surface area (Å²) in [6.45, 7) is 3.75. The molecule has 2 N–H and O–H groups in total. The maximum Gasteiger partial charge on any atom is 0.326 e. The molecule has 1 amide bonds. The van der Waals surface area contributed by atoms with Gasteiger partial charge in [0.2, 0.25) is 0 Å². The zero-order chi connectivity index (χ0) is 13.7. The maximum atomic E-state index is 12.7. The number of halogens is 1. The molecule has 4 nitrogen and oxygen atoms in total. The molecule has 1 aromatic rings. The van der Waals surface area contributed by atoms with E-state index >= 15 is 0 Å². The summed E-state index contributed by atoms with van der Waals surface area (Å²) in [4.78, 5) is 22.7. The molecule has 0 aliphatic heterocycles. The van der Waals surface area contributed by atoms with Crippen LogP contribution in [0.2, 0.25) is 0 Å². The molecule has 0 aliphatic carbocycles. The number of amides is 1. The molecule has 0 radical (unpaired) electrons. The van der Waals surface area contributed by atoms with E-state index in [2.05, 4.69) is 5.32 Å². The molecular formula is C13H16FNO3. The van der Waals surface area contributed by atoms with Crippen LogP contribution < -0.4 is 5.32 Å². The third-order valence-corrected chi connectivity index (χ3v) is 2.42. The minimum absolute atomic E-state index is 0.152. The Morgan fingerprint density at radius 1 is 1.28 bits per heavy atom. The van der Waals surface area contributed by atoms with E-state index in [0.29, 0.717) is 6.42 Å². The molecule has 1 rings (SSSR count). The first-order chi connectivity index (χ1) is 8.40. The molecular weight excluding hydrogens is 237 g/mol. The highest BCUT2D eigenvalue weighted by atomic mass is 19.1. The Kier molecular flexibility index (Phi) is 4.83. The van der Waals surface area contributed by atoms with Gasteiger partial charge < -0.3 is 10.4 Å². The summed E-state index contributed by atoms with van der Waals surface area (Å²) in [6, 6.07) is 4.03. The second kappa shape index (κ2) is 6.14. The Hall–Kier alpha value is -1.91. The number of carbonyl (C=O) groups is 2. The molecule has 1 atom stereocenters. The quantitative estimate of drug-likeness (QED) is 0.844. The summed E-state index contributed by atoms with van der Waals surface area (Å²) in [5, 5.41) is 11.4. The molecule has 98 valence electrons. The van der Waals surface area contributed by atoms with Gasteiger partial charge in [0.25, 0.3) is 5.91 Å². The number of rotatable bonds is 5. The minimum atomic E-state index is -1.07. The van der Waals surface area contributed by atoms with Gasteiger partial charge in [-0.15, -0.1) is 0 Å². The minimum Gasteiger partial charge on any atom is -0.480 e. The predicted molar refractivity (Wildman–Crippen MR) is 64.7 cm³/mol. The van der Waals surface area contributed by atoms with Crippen molar-refractivity contribution in [2.75, 3.05) is 0 Å². The zero-order valence-corrected chi connectivity index (χ0v) is 10.3. The van der Waals surface area contributed by atoms with Gasteiger partial charge in [0, 0.05) is 5.56 Å². The monoisotopic (exact) mass is 253 g/mol. The van der Waals surface area contributed by atoms with Crippen LogP contribution in [-0.4, -0.2) is 23.0 Å². The second-order valence-electron chi connectivity index (χ2n) is 4.50. The first-order valence-corrected chi connectivity index (χ1v) is 5.69. The molecule has 0 aromatic heterocycles. The summed E-state index contributed by atoms with van der Waals surface area (Å²) >= 11 is 0. The van der Waals surface area contributed by atoms with Crippen molar-refractivity contribution in [1.82, 2.24) is 5.32 Å². The number of aliphatic carboxylic acids is 1. The lowest BCUT2D eigenvalue weighted by molar-refractivity contribution is -0.139. The van der Waals surface area contributed by atoms with Crippen molar-refractivity contribution in [2.45, 2.75) is 26.3 Å². The summed E-state index contributed by atoms with van der Waals surface area (Å²) in [5.41, 5.74) is 0.242. The summed E-state index contributed by atoms with van der Waals surface area (Å²) in [6.07, 6.45) is 0.349. The Morgan fingerprint density at radius 3 is 2.28 bits per heavy atom. The van der Waals surface area contributed by atoms with E-state index < -0.39 is 23.7 Å². The lowest BCUT2D eigenvalue weighted by Crippen LogP contribution is -2.41. The molecule has 0 bridgehead atoms. The van der Waals surface area contributed by atoms with Gasteiger partial charge in [-0.1, -0.05) is 13.8 Å². The standard InChI is InChI=1S/C13H16FNO3/c1-8(2)7-11(13(17)18)15-12(16)9-3-5-10(14)6-4-9/h3-6,8,11H,7H2,1-2H3,(H,15,16)(H,17,18). The SMILES string of the molecule is CC(C)CC(NC(=O)c1ccc(F)cc1)C(=O)O. The van der Waals surface area contributed by atoms with Gasteiger partial charge in [-0.3, -0.25) is 4.79 Å². The Bertz CT molecular complexity index is 428. The van der Waals surface area contributed by atoms with Crippen LogP contribution in [0.4, 0.5) is 4.39 Å². The molecule has 0 aliphatic rings. The van der Waals surface area contributed by atoms with Crippen LogP contribution in [0.3, 0.4) is 0 Å². The molecule has 5 heteroatoms. The van der Waals surface area contributed by atoms with Gasteiger partial charge in [0.1, 0.15) is 11.9 Å². The van der Waals surface area contributed by atoms with Crippen molar-refractivity contribution in [3.05, 3.63) is 35.6 Å². The average Bonchev–Trinajstić information content (AvgIpc) is 2.28. The van der Waals surface area contributed by atoms with Crippen molar-refractivity contribution in [3.63, 3.8) is 0 Å². The maximum absolute atomic E-state index is 12.7. The molecule has 0 heterocycles. The van der Waals surface area contributed by atoms with Crippen molar-refractivity contribution >= 4 is 11.9 Å². The zero-order valence-electron chi connectivity index (χ0n) is 10.3. The van der Waals surface area contributed by atoms with Crippen LogP contribution in [0, 0.1) is 11.7 Å². The van der Waals surface area contributed by atoms with Gasteiger partial charge >= 0.3 is 5.97 Å². The summed E-state index contributed by atoms with van der Waals surface area (Å²) in [7, 11) is 0. The first kappa shape index (κ1) is 14.2. The largest absolute Gasteiger partial charge is 0.480 e. The fourth-order valence-electron chi connectivity index (χ4n) is 1.54. The van der Waals surface area contributed by atoms with E-state index in [1.807, 2.05) is 13.8 Å². The normalized spacial score (nSPS) is 12.2. The van der Waals surface area contributed by atoms with Gasteiger partial charge in [0.05, 0.1) is 0 Å². The van der Waals surface area contributed by atoms with Crippen LogP contribution in [0.1, 0.15) is 30.6 Å². The van der Waals surface area contributed by atoms with E-state index in [4.69, 9.17) is 5.11 Å². The molecule has 1 aromatic carbocycles. The Labute approximate surface area is 105 Å². The number of nitrogens with one attached hydrogen (secondary N) is 1. The number of hydrogen-bond acceptors (Lipinski definition) is 2. The van der Waals surface area contributed by atoms with Gasteiger partial charge in [-0.05, 0) is 36.6 Å². The fraction of sp³-hybridized carbons (Fsp3) is 0.385. The van der Waals surface area contributed by atoms with Crippen LogP contribution in [0.15, 0.2) is 24.3 Å². The number of benzene rings is 1. The van der Waals surface area contributed by atoms with E-state index in [1.54, 1.807) is 0 Å². The third-order valence-electron chi connectivity index (χ3n) is 2.42. The highest BCUT2D eigenvalue weighted by molar-refractivity contribution is 5.96. The number of carboxylic acid groups (broad SMARTS) is 1. The first-order valence-electron chi connectivity index (χ1n) is 5.69. The van der Waals surface area contributed by atoms with Crippen LogP contribution in [-0.2, 0) is 4.79 Å². The highest BCUT2D eigenvalue weighted by Gasteiger charge is 2.21. The highest BCUT2D eigenvalue weighted by Crippen LogP contribution is 2.07. The van der Waals surface area contributed by atoms with Crippen LogP contribution >= 0.6 is 0 Å². The summed E-state index contributed by atoms with van der Waals surface area (Å²) in [5.74, 6) is -1.87. The van der Waals surface area contributed by atoms with Crippen molar-refractivity contribution in [1.29, 1.82) is 0 Å². The fourth-order valence-corrected chi connectivity index (χ4v) is 1.54. The molecule has 0 saturated carbocycles. The predicted octanol–water partition coefficient (Wildman–Crippen LogP) is 2.05. The molecule has 0 fully saturated rings. The smallest absolute Gasteiger partial charge is 0.326 e. The van der Waals surface area contributed by atoms with E-state index in [-0.39, 0.29) is 11.5 Å².